The Morgan fingerprint density at radius 2 is 2.10 bits per heavy atom. The predicted octanol–water partition coefficient (Wildman–Crippen LogP) is 2.54. The first-order valence-electron chi connectivity index (χ1n) is 6.66. The molecule has 110 valence electrons. The van der Waals surface area contributed by atoms with Gasteiger partial charge in [-0.15, -0.1) is 0 Å². The fourth-order valence-corrected chi connectivity index (χ4v) is 1.84. The fraction of sp³-hybridized carbons (Fsp3) is 0.467. The zero-order valence-corrected chi connectivity index (χ0v) is 12.1. The molecule has 0 fully saturated rings. The summed E-state index contributed by atoms with van der Waals surface area (Å²) < 4.78 is 5.16. The molecule has 3 N–H and O–H groups in total. The van der Waals surface area contributed by atoms with E-state index < -0.39 is 11.4 Å². The third-order valence-electron chi connectivity index (χ3n) is 3.11. The molecule has 1 unspecified atom stereocenters. The number of carbonyl (C=O) groups is 1. The molecule has 0 aromatic carbocycles. The minimum atomic E-state index is -0.778. The topological polar surface area (TPSA) is 93.5 Å². The summed E-state index contributed by atoms with van der Waals surface area (Å²) in [5.41, 5.74) is 4.21. The molecular formula is C15H21NO4. The molecule has 0 saturated heterocycles. The van der Waals surface area contributed by atoms with Crippen molar-refractivity contribution in [2.45, 2.75) is 39.5 Å². The lowest BCUT2D eigenvalue weighted by Gasteiger charge is -2.11. The number of rotatable bonds is 6. The van der Waals surface area contributed by atoms with E-state index in [1.54, 1.807) is 13.8 Å². The van der Waals surface area contributed by atoms with Gasteiger partial charge in [0.05, 0.1) is 0 Å². The molecule has 0 saturated carbocycles. The summed E-state index contributed by atoms with van der Waals surface area (Å²) in [7, 11) is 0. The highest BCUT2D eigenvalue weighted by Gasteiger charge is 2.22. The van der Waals surface area contributed by atoms with Gasteiger partial charge in [0.1, 0.15) is 17.1 Å². The summed E-state index contributed by atoms with van der Waals surface area (Å²) in [6.07, 6.45) is 4.75. The van der Waals surface area contributed by atoms with E-state index in [4.69, 9.17) is 10.2 Å². The second kappa shape index (κ2) is 6.93. The number of hydrogen-bond donors (Lipinski definition) is 2. The maximum Gasteiger partial charge on any atom is 0.350 e. The lowest BCUT2D eigenvalue weighted by atomic mass is 9.99. The summed E-state index contributed by atoms with van der Waals surface area (Å²) in [5.74, 6) is -0.773. The number of nitrogens with two attached hydrogens (primary N) is 1. The molecule has 0 bridgehead atoms. The van der Waals surface area contributed by atoms with Gasteiger partial charge >= 0.3 is 5.63 Å². The fourth-order valence-electron chi connectivity index (χ4n) is 1.84. The van der Waals surface area contributed by atoms with Crippen molar-refractivity contribution in [3.05, 3.63) is 40.1 Å². The van der Waals surface area contributed by atoms with Crippen LogP contribution in [0.15, 0.2) is 27.6 Å². The first kappa shape index (κ1) is 16.0. The van der Waals surface area contributed by atoms with Gasteiger partial charge < -0.3 is 15.3 Å². The number of carbonyl (C=O) groups excluding carboxylic acids is 1. The van der Waals surface area contributed by atoms with E-state index in [-0.39, 0.29) is 23.1 Å². The Balaban J connectivity index is 3.05. The SMILES string of the molecule is CC(C)C(=O)c1c(O)cc(C(C)CC/C=C/N)oc1=O. The van der Waals surface area contributed by atoms with Crippen LogP contribution in [0.3, 0.4) is 0 Å². The van der Waals surface area contributed by atoms with Gasteiger partial charge in [-0.2, -0.15) is 0 Å². The van der Waals surface area contributed by atoms with Crippen molar-refractivity contribution in [3.63, 3.8) is 0 Å². The average molecular weight is 279 g/mol. The predicted molar refractivity (Wildman–Crippen MR) is 76.8 cm³/mol. The van der Waals surface area contributed by atoms with E-state index >= 15 is 0 Å². The van der Waals surface area contributed by atoms with Gasteiger partial charge in [-0.1, -0.05) is 26.8 Å². The van der Waals surface area contributed by atoms with E-state index in [9.17, 15) is 14.7 Å². The molecule has 5 heteroatoms. The highest BCUT2D eigenvalue weighted by Crippen LogP contribution is 2.25. The van der Waals surface area contributed by atoms with Gasteiger partial charge in [0.25, 0.3) is 0 Å². The van der Waals surface area contributed by atoms with Crippen LogP contribution in [-0.2, 0) is 0 Å². The minimum absolute atomic E-state index is 0.0481. The summed E-state index contributed by atoms with van der Waals surface area (Å²) in [5, 5.41) is 9.90. The first-order valence-corrected chi connectivity index (χ1v) is 6.66. The van der Waals surface area contributed by atoms with E-state index in [1.807, 2.05) is 13.0 Å². The van der Waals surface area contributed by atoms with Gasteiger partial charge in [-0.25, -0.2) is 4.79 Å². The third kappa shape index (κ3) is 3.73. The number of hydrogen-bond acceptors (Lipinski definition) is 5. The quantitative estimate of drug-likeness (QED) is 0.780. The summed E-state index contributed by atoms with van der Waals surface area (Å²) >= 11 is 0. The number of aromatic hydroxyl groups is 1. The first-order chi connectivity index (χ1) is 9.38. The standard InChI is InChI=1S/C15H21NO4/c1-9(2)14(18)13-11(17)8-12(20-15(13)19)10(3)6-4-5-7-16/h5,7-10,17H,4,6,16H2,1-3H3/b7-5+. The molecule has 1 aromatic rings. The zero-order chi connectivity index (χ0) is 15.3. The van der Waals surface area contributed by atoms with Crippen LogP contribution in [0.4, 0.5) is 0 Å². The molecule has 0 spiro atoms. The van der Waals surface area contributed by atoms with Crippen LogP contribution in [0.25, 0.3) is 0 Å². The van der Waals surface area contributed by atoms with Crippen LogP contribution in [-0.4, -0.2) is 10.9 Å². The van der Waals surface area contributed by atoms with Gasteiger partial charge in [0.15, 0.2) is 5.78 Å². The molecule has 1 aromatic heterocycles. The van der Waals surface area contributed by atoms with Crippen LogP contribution in [0.1, 0.15) is 55.6 Å². The van der Waals surface area contributed by atoms with E-state index in [2.05, 4.69) is 0 Å². The van der Waals surface area contributed by atoms with E-state index in [0.29, 0.717) is 5.76 Å². The van der Waals surface area contributed by atoms with Crippen molar-refractivity contribution in [1.82, 2.24) is 0 Å². The molecule has 0 aliphatic rings. The van der Waals surface area contributed by atoms with Crippen molar-refractivity contribution in [1.29, 1.82) is 0 Å². The van der Waals surface area contributed by atoms with Crippen LogP contribution >= 0.6 is 0 Å². The second-order valence-corrected chi connectivity index (χ2v) is 5.12. The Hall–Kier alpha value is -2.04. The number of allylic oxidation sites excluding steroid dienone is 1. The molecule has 20 heavy (non-hydrogen) atoms. The lowest BCUT2D eigenvalue weighted by Crippen LogP contribution is -2.19. The Morgan fingerprint density at radius 1 is 1.45 bits per heavy atom. The monoisotopic (exact) mass is 279 g/mol. The number of Topliss-reactive ketones (excluding diaryl/α,β-unsaturated/α-hetero) is 1. The van der Waals surface area contributed by atoms with Crippen LogP contribution < -0.4 is 11.4 Å². The molecule has 1 atom stereocenters. The van der Waals surface area contributed by atoms with E-state index in [0.717, 1.165) is 12.8 Å². The van der Waals surface area contributed by atoms with Gasteiger partial charge in [-0.3, -0.25) is 4.79 Å². The Kier molecular flexibility index (Phi) is 5.55. The van der Waals surface area contributed by atoms with Crippen molar-refractivity contribution in [2.75, 3.05) is 0 Å². The lowest BCUT2D eigenvalue weighted by molar-refractivity contribution is 0.0931. The van der Waals surface area contributed by atoms with Crippen LogP contribution in [0.5, 0.6) is 5.75 Å². The molecule has 0 aliphatic heterocycles. The summed E-state index contributed by atoms with van der Waals surface area (Å²) in [6.45, 7) is 5.21. The summed E-state index contributed by atoms with van der Waals surface area (Å²) in [6, 6.07) is 1.36. The Bertz CT molecular complexity index is 557. The highest BCUT2D eigenvalue weighted by atomic mass is 16.4. The van der Waals surface area contributed by atoms with Crippen LogP contribution in [0, 0.1) is 5.92 Å². The van der Waals surface area contributed by atoms with Crippen molar-refractivity contribution >= 4 is 5.78 Å². The summed E-state index contributed by atoms with van der Waals surface area (Å²) in [4.78, 5) is 23.7. The molecule has 0 amide bonds. The van der Waals surface area contributed by atoms with Crippen molar-refractivity contribution < 1.29 is 14.3 Å². The largest absolute Gasteiger partial charge is 0.507 e. The Labute approximate surface area is 118 Å². The molecule has 5 nitrogen and oxygen atoms in total. The molecular weight excluding hydrogens is 258 g/mol. The zero-order valence-electron chi connectivity index (χ0n) is 12.1. The van der Waals surface area contributed by atoms with Gasteiger partial charge in [0, 0.05) is 17.9 Å². The number of ketones is 1. The second-order valence-electron chi connectivity index (χ2n) is 5.12. The van der Waals surface area contributed by atoms with Gasteiger partial charge in [-0.05, 0) is 19.0 Å². The van der Waals surface area contributed by atoms with Crippen molar-refractivity contribution in [2.24, 2.45) is 11.7 Å². The third-order valence-corrected chi connectivity index (χ3v) is 3.11. The molecule has 0 radical (unpaired) electrons. The normalized spacial score (nSPS) is 13.0. The smallest absolute Gasteiger partial charge is 0.350 e. The molecule has 1 heterocycles. The van der Waals surface area contributed by atoms with E-state index in [1.165, 1.54) is 12.3 Å². The van der Waals surface area contributed by atoms with Crippen LogP contribution in [0.2, 0.25) is 0 Å². The minimum Gasteiger partial charge on any atom is -0.507 e. The molecule has 1 rings (SSSR count). The van der Waals surface area contributed by atoms with Crippen molar-refractivity contribution in [3.8, 4) is 5.75 Å². The highest BCUT2D eigenvalue weighted by molar-refractivity contribution is 5.99. The maximum absolute atomic E-state index is 11.9. The molecule has 0 aliphatic carbocycles. The Morgan fingerprint density at radius 3 is 2.60 bits per heavy atom. The maximum atomic E-state index is 11.9. The van der Waals surface area contributed by atoms with Gasteiger partial charge in [0.2, 0.25) is 0 Å². The average Bonchev–Trinajstić information content (AvgIpc) is 2.37.